The fourth-order valence-corrected chi connectivity index (χ4v) is 2.45. The molecule has 8 nitrogen and oxygen atoms in total. The number of hydrogen-bond acceptors (Lipinski definition) is 6. The van der Waals surface area contributed by atoms with Gasteiger partial charge in [-0.1, -0.05) is 6.08 Å². The molecular weight excluding hydrogens is 312 g/mol. The second-order valence-corrected chi connectivity index (χ2v) is 5.05. The quantitative estimate of drug-likeness (QED) is 0.631. The molecule has 0 bridgehead atoms. The van der Waals surface area contributed by atoms with Crippen molar-refractivity contribution >= 4 is 22.6 Å². The van der Waals surface area contributed by atoms with Gasteiger partial charge in [0.05, 0.1) is 15.9 Å². The molecule has 24 heavy (non-hydrogen) atoms. The molecule has 0 N–H and O–H groups in total. The third kappa shape index (κ3) is 2.98. The minimum absolute atomic E-state index is 0.297. The zero-order chi connectivity index (χ0) is 17.1. The summed E-state index contributed by atoms with van der Waals surface area (Å²) in [6.07, 6.45) is 8.88. The summed E-state index contributed by atoms with van der Waals surface area (Å²) >= 11 is 0. The van der Waals surface area contributed by atoms with Crippen LogP contribution in [0, 0.1) is 20.2 Å². The van der Waals surface area contributed by atoms with Gasteiger partial charge in [-0.2, -0.15) is 0 Å². The Bertz CT molecular complexity index is 862. The highest BCUT2D eigenvalue weighted by Crippen LogP contribution is 2.33. The molecule has 2 heterocycles. The molecule has 0 fully saturated rings. The molecule has 0 amide bonds. The summed E-state index contributed by atoms with van der Waals surface area (Å²) in [5.74, 6) is 0. The van der Waals surface area contributed by atoms with Crippen molar-refractivity contribution in [1.29, 1.82) is 0 Å². The number of hydrogen-bond donors (Lipinski definition) is 0. The van der Waals surface area contributed by atoms with E-state index in [0.717, 1.165) is 17.2 Å². The molecule has 1 aromatic carbocycles. The van der Waals surface area contributed by atoms with Crippen molar-refractivity contribution in [3.05, 3.63) is 86.9 Å². The summed E-state index contributed by atoms with van der Waals surface area (Å²) in [5, 5.41) is 22.0. The lowest BCUT2D eigenvalue weighted by Crippen LogP contribution is -2.19. The van der Waals surface area contributed by atoms with Crippen LogP contribution in [-0.2, 0) is 0 Å². The number of allylic oxidation sites excluding steroid dienone is 2. The summed E-state index contributed by atoms with van der Waals surface area (Å²) < 4.78 is 0. The first-order valence-electron chi connectivity index (χ1n) is 7.04. The summed E-state index contributed by atoms with van der Waals surface area (Å²) in [4.78, 5) is 26.4. The van der Waals surface area contributed by atoms with Crippen LogP contribution in [-0.4, -0.2) is 21.4 Å². The second kappa shape index (κ2) is 6.29. The molecule has 1 aromatic heterocycles. The molecule has 1 aliphatic heterocycles. The van der Waals surface area contributed by atoms with Gasteiger partial charge in [-0.25, -0.2) is 0 Å². The Kier molecular flexibility index (Phi) is 4.02. The van der Waals surface area contributed by atoms with Crippen molar-refractivity contribution in [3.63, 3.8) is 0 Å². The van der Waals surface area contributed by atoms with E-state index in [1.807, 2.05) is 24.3 Å². The standard InChI is InChI=1S/C16H12N4O4/c21-19(22)14-1-2-15(16(11-14)20(23)24)18-9-5-13(6-10-18)12-3-7-17-8-4-12/h1-9,11H,10H2. The van der Waals surface area contributed by atoms with Crippen LogP contribution in [0.2, 0.25) is 0 Å². The monoisotopic (exact) mass is 324 g/mol. The van der Waals surface area contributed by atoms with Crippen molar-refractivity contribution in [2.24, 2.45) is 0 Å². The zero-order valence-electron chi connectivity index (χ0n) is 12.4. The van der Waals surface area contributed by atoms with Crippen molar-refractivity contribution in [1.82, 2.24) is 4.98 Å². The van der Waals surface area contributed by atoms with Crippen LogP contribution < -0.4 is 4.90 Å². The molecular formula is C16H12N4O4. The summed E-state index contributed by atoms with van der Waals surface area (Å²) in [7, 11) is 0. The molecule has 0 saturated heterocycles. The minimum Gasteiger partial charge on any atom is -0.339 e. The number of aromatic nitrogens is 1. The topological polar surface area (TPSA) is 102 Å². The van der Waals surface area contributed by atoms with Crippen LogP contribution in [0.5, 0.6) is 0 Å². The molecule has 0 radical (unpaired) electrons. The van der Waals surface area contributed by atoms with Crippen molar-refractivity contribution in [2.45, 2.75) is 0 Å². The molecule has 1 aliphatic rings. The van der Waals surface area contributed by atoms with Gasteiger partial charge < -0.3 is 4.90 Å². The van der Waals surface area contributed by atoms with Crippen LogP contribution in [0.1, 0.15) is 5.56 Å². The SMILES string of the molecule is O=[N+]([O-])c1ccc(N2C=CC(c3ccncc3)=CC2)c([N+](=O)[O-])c1. The van der Waals surface area contributed by atoms with E-state index in [4.69, 9.17) is 0 Å². The van der Waals surface area contributed by atoms with Gasteiger partial charge in [-0.15, -0.1) is 0 Å². The maximum Gasteiger partial charge on any atom is 0.299 e. The van der Waals surface area contributed by atoms with Gasteiger partial charge in [0.25, 0.3) is 11.4 Å². The molecule has 0 spiro atoms. The number of rotatable bonds is 4. The Balaban J connectivity index is 1.89. The highest BCUT2D eigenvalue weighted by molar-refractivity contribution is 5.78. The van der Waals surface area contributed by atoms with Crippen LogP contribution >= 0.6 is 0 Å². The third-order valence-electron chi connectivity index (χ3n) is 3.63. The van der Waals surface area contributed by atoms with E-state index < -0.39 is 9.85 Å². The Hall–Kier alpha value is -3.55. The first-order chi connectivity index (χ1) is 11.6. The lowest BCUT2D eigenvalue weighted by Gasteiger charge is -2.22. The van der Waals surface area contributed by atoms with Crippen LogP contribution in [0.3, 0.4) is 0 Å². The number of benzene rings is 1. The highest BCUT2D eigenvalue weighted by atomic mass is 16.6. The summed E-state index contributed by atoms with van der Waals surface area (Å²) in [6, 6.07) is 7.38. The van der Waals surface area contributed by atoms with E-state index in [1.54, 1.807) is 23.5 Å². The Morgan fingerprint density at radius 3 is 2.38 bits per heavy atom. The van der Waals surface area contributed by atoms with Gasteiger partial charge in [-0.3, -0.25) is 25.2 Å². The number of non-ortho nitro benzene ring substituents is 1. The van der Waals surface area contributed by atoms with Gasteiger partial charge in [0.15, 0.2) is 0 Å². The van der Waals surface area contributed by atoms with Gasteiger partial charge in [0.1, 0.15) is 5.69 Å². The molecule has 8 heteroatoms. The average molecular weight is 324 g/mol. The van der Waals surface area contributed by atoms with E-state index in [-0.39, 0.29) is 11.4 Å². The zero-order valence-corrected chi connectivity index (χ0v) is 12.4. The number of nitro groups is 2. The first-order valence-corrected chi connectivity index (χ1v) is 7.04. The maximum atomic E-state index is 11.2. The number of pyridine rings is 1. The Morgan fingerprint density at radius 2 is 1.79 bits per heavy atom. The maximum absolute atomic E-state index is 11.2. The van der Waals surface area contributed by atoms with Crippen LogP contribution in [0.15, 0.2) is 61.1 Å². The van der Waals surface area contributed by atoms with E-state index >= 15 is 0 Å². The molecule has 0 unspecified atom stereocenters. The van der Waals surface area contributed by atoms with Gasteiger partial charge in [-0.05, 0) is 35.4 Å². The van der Waals surface area contributed by atoms with Crippen LogP contribution in [0.25, 0.3) is 5.57 Å². The lowest BCUT2D eigenvalue weighted by atomic mass is 10.0. The van der Waals surface area contributed by atoms with E-state index in [2.05, 4.69) is 4.98 Å². The fraction of sp³-hybridized carbons (Fsp3) is 0.0625. The predicted octanol–water partition coefficient (Wildman–Crippen LogP) is 3.32. The Labute approximate surface area is 136 Å². The Morgan fingerprint density at radius 1 is 1.04 bits per heavy atom. The number of anilines is 1. The lowest BCUT2D eigenvalue weighted by molar-refractivity contribution is -0.393. The van der Waals surface area contributed by atoms with E-state index in [0.29, 0.717) is 12.2 Å². The number of nitro benzene ring substituents is 2. The largest absolute Gasteiger partial charge is 0.339 e. The summed E-state index contributed by atoms with van der Waals surface area (Å²) in [6.45, 7) is 0.423. The smallest absolute Gasteiger partial charge is 0.299 e. The van der Waals surface area contributed by atoms with Crippen molar-refractivity contribution in [2.75, 3.05) is 11.4 Å². The first kappa shape index (κ1) is 15.3. The van der Waals surface area contributed by atoms with Crippen molar-refractivity contribution < 1.29 is 9.85 Å². The molecule has 3 rings (SSSR count). The minimum atomic E-state index is -0.649. The van der Waals surface area contributed by atoms with Gasteiger partial charge in [0.2, 0.25) is 0 Å². The normalized spacial score (nSPS) is 13.5. The molecule has 120 valence electrons. The second-order valence-electron chi connectivity index (χ2n) is 5.05. The number of nitrogens with zero attached hydrogens (tertiary/aromatic N) is 4. The molecule has 0 aliphatic carbocycles. The predicted molar refractivity (Wildman–Crippen MR) is 88.5 cm³/mol. The van der Waals surface area contributed by atoms with E-state index in [1.165, 1.54) is 12.1 Å². The molecule has 2 aromatic rings. The summed E-state index contributed by atoms with van der Waals surface area (Å²) in [5.41, 5.74) is 1.69. The van der Waals surface area contributed by atoms with Gasteiger partial charge >= 0.3 is 0 Å². The van der Waals surface area contributed by atoms with Gasteiger partial charge in [0, 0.05) is 31.2 Å². The fourth-order valence-electron chi connectivity index (χ4n) is 2.45. The van der Waals surface area contributed by atoms with Crippen molar-refractivity contribution in [3.8, 4) is 0 Å². The third-order valence-corrected chi connectivity index (χ3v) is 3.63. The highest BCUT2D eigenvalue weighted by Gasteiger charge is 2.23. The molecule has 0 saturated carbocycles. The average Bonchev–Trinajstić information content (AvgIpc) is 2.62. The molecule has 0 atom stereocenters. The van der Waals surface area contributed by atoms with Crippen LogP contribution in [0.4, 0.5) is 17.1 Å². The van der Waals surface area contributed by atoms with E-state index in [9.17, 15) is 20.2 Å².